The number of allylic oxidation sites excluding steroid dienone is 3. The largest absolute Gasteiger partial charge is 0.497 e. The standard InChI is InChI=1S/C8H12O.C5H11NO/c1-7(2)5-6-8(3)9-4;1-6-2-4-7-5-3-6/h5-6H,1,3H2,2,4H3;2-5H2,1H3/b6-5-;. The summed E-state index contributed by atoms with van der Waals surface area (Å²) in [5.41, 5.74) is 0.994. The SMILES string of the molecule is C=C(C)/C=C\C(=C)OC.CN1CCOCC1. The van der Waals surface area contributed by atoms with Crippen LogP contribution in [0.4, 0.5) is 0 Å². The van der Waals surface area contributed by atoms with Crippen LogP contribution in [-0.2, 0) is 9.47 Å². The van der Waals surface area contributed by atoms with Crippen molar-refractivity contribution in [3.05, 3.63) is 36.6 Å². The Kier molecular flexibility index (Phi) is 8.58. The highest BCUT2D eigenvalue weighted by atomic mass is 16.5. The van der Waals surface area contributed by atoms with Crippen molar-refractivity contribution >= 4 is 0 Å². The molecule has 16 heavy (non-hydrogen) atoms. The van der Waals surface area contributed by atoms with Gasteiger partial charge in [0, 0.05) is 13.1 Å². The van der Waals surface area contributed by atoms with E-state index in [1.807, 2.05) is 13.0 Å². The minimum atomic E-state index is 0.651. The predicted molar refractivity (Wildman–Crippen MR) is 68.4 cm³/mol. The molecule has 0 aromatic rings. The maximum Gasteiger partial charge on any atom is 0.111 e. The number of hydrogen-bond acceptors (Lipinski definition) is 3. The van der Waals surface area contributed by atoms with Gasteiger partial charge in [-0.15, -0.1) is 0 Å². The lowest BCUT2D eigenvalue weighted by molar-refractivity contribution is 0.0503. The molecule has 3 heteroatoms. The fourth-order valence-corrected chi connectivity index (χ4v) is 0.958. The minimum Gasteiger partial charge on any atom is -0.497 e. The normalized spacial score (nSPS) is 16.4. The van der Waals surface area contributed by atoms with E-state index < -0.39 is 0 Å². The van der Waals surface area contributed by atoms with Crippen LogP contribution in [0.3, 0.4) is 0 Å². The van der Waals surface area contributed by atoms with Gasteiger partial charge in [0.2, 0.25) is 0 Å². The molecule has 0 saturated carbocycles. The highest BCUT2D eigenvalue weighted by Crippen LogP contribution is 1.96. The van der Waals surface area contributed by atoms with E-state index in [1.54, 1.807) is 13.2 Å². The summed E-state index contributed by atoms with van der Waals surface area (Å²) in [5, 5.41) is 0. The minimum absolute atomic E-state index is 0.651. The molecule has 0 aromatic carbocycles. The molecule has 1 aliphatic rings. The number of methoxy groups -OCH3 is 1. The van der Waals surface area contributed by atoms with Crippen molar-refractivity contribution in [2.45, 2.75) is 6.92 Å². The van der Waals surface area contributed by atoms with Crippen LogP contribution < -0.4 is 0 Å². The first-order chi connectivity index (χ1) is 7.56. The zero-order chi connectivity index (χ0) is 12.4. The van der Waals surface area contributed by atoms with Gasteiger partial charge >= 0.3 is 0 Å². The number of nitrogens with zero attached hydrogens (tertiary/aromatic N) is 1. The van der Waals surface area contributed by atoms with Crippen molar-refractivity contribution < 1.29 is 9.47 Å². The molecule has 0 spiro atoms. The number of hydrogen-bond donors (Lipinski definition) is 0. The summed E-state index contributed by atoms with van der Waals surface area (Å²) >= 11 is 0. The van der Waals surface area contributed by atoms with Crippen LogP contribution in [-0.4, -0.2) is 45.4 Å². The van der Waals surface area contributed by atoms with Crippen LogP contribution in [0.2, 0.25) is 0 Å². The molecule has 1 saturated heterocycles. The Morgan fingerprint density at radius 2 is 1.81 bits per heavy atom. The summed E-state index contributed by atoms with van der Waals surface area (Å²) in [6.45, 7) is 13.2. The molecule has 0 N–H and O–H groups in total. The monoisotopic (exact) mass is 225 g/mol. The summed E-state index contributed by atoms with van der Waals surface area (Å²) in [4.78, 5) is 2.27. The molecule has 0 atom stereocenters. The number of morpholine rings is 1. The van der Waals surface area contributed by atoms with Gasteiger partial charge in [-0.1, -0.05) is 24.8 Å². The van der Waals surface area contributed by atoms with Gasteiger partial charge in [-0.25, -0.2) is 0 Å². The Hall–Kier alpha value is -1.06. The van der Waals surface area contributed by atoms with Crippen LogP contribution >= 0.6 is 0 Å². The highest BCUT2D eigenvalue weighted by Gasteiger charge is 2.02. The van der Waals surface area contributed by atoms with Gasteiger partial charge in [0.25, 0.3) is 0 Å². The van der Waals surface area contributed by atoms with Crippen molar-refractivity contribution in [3.63, 3.8) is 0 Å². The Balaban J connectivity index is 0.000000288. The van der Waals surface area contributed by atoms with Crippen LogP contribution in [0, 0.1) is 0 Å². The van der Waals surface area contributed by atoms with E-state index in [-0.39, 0.29) is 0 Å². The zero-order valence-electron chi connectivity index (χ0n) is 10.7. The summed E-state index contributed by atoms with van der Waals surface area (Å²) < 4.78 is 9.88. The topological polar surface area (TPSA) is 21.7 Å². The second-order valence-electron chi connectivity index (χ2n) is 3.77. The third kappa shape index (κ3) is 9.49. The van der Waals surface area contributed by atoms with Crippen molar-refractivity contribution in [2.75, 3.05) is 40.5 Å². The molecule has 1 aliphatic heterocycles. The summed E-state index contributed by atoms with van der Waals surface area (Å²) in [7, 11) is 3.70. The first-order valence-electron chi connectivity index (χ1n) is 5.39. The number of likely N-dealkylation sites (N-methyl/N-ethyl adjacent to an activating group) is 1. The third-order valence-electron chi connectivity index (χ3n) is 2.05. The number of ether oxygens (including phenoxy) is 2. The van der Waals surface area contributed by atoms with Crippen LogP contribution in [0.15, 0.2) is 36.6 Å². The molecule has 92 valence electrons. The molecule has 1 rings (SSSR count). The van der Waals surface area contributed by atoms with Gasteiger partial charge in [0.1, 0.15) is 5.76 Å². The molecule has 0 amide bonds. The van der Waals surface area contributed by atoms with E-state index in [0.29, 0.717) is 5.76 Å². The van der Waals surface area contributed by atoms with E-state index >= 15 is 0 Å². The van der Waals surface area contributed by atoms with Gasteiger partial charge in [0.15, 0.2) is 0 Å². The lowest BCUT2D eigenvalue weighted by Gasteiger charge is -2.21. The first-order valence-corrected chi connectivity index (χ1v) is 5.39. The maximum atomic E-state index is 5.10. The average Bonchev–Trinajstić information content (AvgIpc) is 2.27. The predicted octanol–water partition coefficient (Wildman–Crippen LogP) is 2.23. The lowest BCUT2D eigenvalue weighted by Crippen LogP contribution is -2.32. The van der Waals surface area contributed by atoms with Crippen LogP contribution in [0.25, 0.3) is 0 Å². The van der Waals surface area contributed by atoms with E-state index in [1.165, 1.54) is 0 Å². The Bertz CT molecular complexity index is 240. The Morgan fingerprint density at radius 3 is 2.12 bits per heavy atom. The summed E-state index contributed by atoms with van der Waals surface area (Å²) in [6.07, 6.45) is 3.63. The quantitative estimate of drug-likeness (QED) is 0.543. The molecule has 1 heterocycles. The zero-order valence-corrected chi connectivity index (χ0v) is 10.7. The molecule has 0 aromatic heterocycles. The number of rotatable bonds is 3. The smallest absolute Gasteiger partial charge is 0.111 e. The van der Waals surface area contributed by atoms with Crippen molar-refractivity contribution in [1.82, 2.24) is 4.90 Å². The van der Waals surface area contributed by atoms with E-state index in [4.69, 9.17) is 9.47 Å². The van der Waals surface area contributed by atoms with Gasteiger partial charge in [-0.05, 0) is 20.0 Å². The second kappa shape index (κ2) is 9.19. The van der Waals surface area contributed by atoms with Crippen LogP contribution in [0.5, 0.6) is 0 Å². The Morgan fingerprint density at radius 1 is 1.25 bits per heavy atom. The molecule has 1 fully saturated rings. The van der Waals surface area contributed by atoms with Crippen molar-refractivity contribution in [2.24, 2.45) is 0 Å². The molecule has 0 bridgehead atoms. The fraction of sp³-hybridized carbons (Fsp3) is 0.538. The molecular weight excluding hydrogens is 202 g/mol. The van der Waals surface area contributed by atoms with Gasteiger partial charge in [-0.2, -0.15) is 0 Å². The molecule has 3 nitrogen and oxygen atoms in total. The Labute approximate surface area is 99.0 Å². The first kappa shape index (κ1) is 14.9. The van der Waals surface area contributed by atoms with E-state index in [2.05, 4.69) is 25.1 Å². The second-order valence-corrected chi connectivity index (χ2v) is 3.77. The van der Waals surface area contributed by atoms with E-state index in [9.17, 15) is 0 Å². The highest BCUT2D eigenvalue weighted by molar-refractivity contribution is 5.18. The molecular formula is C13H23NO2. The molecule has 0 aliphatic carbocycles. The maximum absolute atomic E-state index is 5.10. The average molecular weight is 225 g/mol. The summed E-state index contributed by atoms with van der Waals surface area (Å²) in [6, 6.07) is 0. The van der Waals surface area contributed by atoms with Crippen molar-refractivity contribution in [3.8, 4) is 0 Å². The lowest BCUT2D eigenvalue weighted by atomic mass is 10.3. The van der Waals surface area contributed by atoms with E-state index in [0.717, 1.165) is 31.9 Å². The van der Waals surface area contributed by atoms with Crippen molar-refractivity contribution in [1.29, 1.82) is 0 Å². The fourth-order valence-electron chi connectivity index (χ4n) is 0.958. The van der Waals surface area contributed by atoms with Gasteiger partial charge in [0.05, 0.1) is 20.3 Å². The van der Waals surface area contributed by atoms with Gasteiger partial charge in [-0.3, -0.25) is 0 Å². The third-order valence-corrected chi connectivity index (χ3v) is 2.05. The van der Waals surface area contributed by atoms with Gasteiger partial charge < -0.3 is 14.4 Å². The summed E-state index contributed by atoms with van der Waals surface area (Å²) in [5.74, 6) is 0.651. The molecule has 0 unspecified atom stereocenters. The molecule has 0 radical (unpaired) electrons. The van der Waals surface area contributed by atoms with Crippen LogP contribution in [0.1, 0.15) is 6.92 Å².